The minimum Gasteiger partial charge on any atom is -0.358 e. The lowest BCUT2D eigenvalue weighted by Gasteiger charge is -2.27. The highest BCUT2D eigenvalue weighted by molar-refractivity contribution is 6.44. The summed E-state index contributed by atoms with van der Waals surface area (Å²) in [5.74, 6) is -0.874. The maximum absolute atomic E-state index is 13.1. The molecule has 1 aliphatic heterocycles. The number of benzene rings is 2. The predicted molar refractivity (Wildman–Crippen MR) is 114 cm³/mol. The van der Waals surface area contributed by atoms with Gasteiger partial charge in [-0.3, -0.25) is 9.59 Å². The summed E-state index contributed by atoms with van der Waals surface area (Å²) in [4.78, 5) is 29.5. The van der Waals surface area contributed by atoms with Gasteiger partial charge in [0.05, 0.1) is 11.0 Å². The second kappa shape index (κ2) is 5.86. The van der Waals surface area contributed by atoms with Crippen LogP contribution in [0.3, 0.4) is 0 Å². The van der Waals surface area contributed by atoms with Gasteiger partial charge in [0.15, 0.2) is 17.3 Å². The molecule has 2 aliphatic rings. The van der Waals surface area contributed by atoms with E-state index in [0.29, 0.717) is 5.57 Å². The van der Waals surface area contributed by atoms with Gasteiger partial charge in [-0.25, -0.2) is 0 Å². The van der Waals surface area contributed by atoms with Crippen LogP contribution in [-0.2, 0) is 15.0 Å². The van der Waals surface area contributed by atoms with Gasteiger partial charge in [-0.1, -0.05) is 36.4 Å². The maximum atomic E-state index is 13.1. The first-order valence-corrected chi connectivity index (χ1v) is 9.90. The molecule has 4 nitrogen and oxygen atoms in total. The van der Waals surface area contributed by atoms with Gasteiger partial charge < -0.3 is 4.98 Å². The van der Waals surface area contributed by atoms with E-state index in [1.807, 2.05) is 56.4 Å². The number of hydrogen-bond donors (Lipinski definition) is 1. The van der Waals surface area contributed by atoms with Crippen LogP contribution in [0.25, 0.3) is 10.9 Å². The Kier molecular flexibility index (Phi) is 3.60. The molecule has 3 aromatic rings. The smallest absolute Gasteiger partial charge is 0.209 e. The molecule has 5 rings (SSSR count). The number of nitrogens with zero attached hydrogens (tertiary/aromatic N) is 1. The number of fused-ring (bicyclic) bond motifs is 2. The number of aromatic amines is 1. The standard InChI is InChI=1S/C25H22N2O2/c1-14-21(15-9-5-7-11-18(15)26-14)22-23(28)16(24(22)29)13-20-25(2,3)17-10-6-8-12-19(17)27(20)4/h5-13,22H,1-4H3/p+1. The number of ketones is 2. The molecule has 2 heterocycles. The van der Waals surface area contributed by atoms with E-state index in [9.17, 15) is 9.59 Å². The molecule has 1 aromatic heterocycles. The Bertz CT molecular complexity index is 1270. The highest BCUT2D eigenvalue weighted by Gasteiger charge is 2.50. The molecule has 2 aromatic carbocycles. The normalized spacial score (nSPS) is 20.3. The van der Waals surface area contributed by atoms with Crippen LogP contribution in [0.15, 0.2) is 60.2 Å². The van der Waals surface area contributed by atoms with Gasteiger partial charge in [0.25, 0.3) is 0 Å². The van der Waals surface area contributed by atoms with Gasteiger partial charge in [0, 0.05) is 34.3 Å². The van der Waals surface area contributed by atoms with Crippen molar-refractivity contribution in [2.45, 2.75) is 32.1 Å². The van der Waals surface area contributed by atoms with E-state index >= 15 is 0 Å². The van der Waals surface area contributed by atoms with Crippen LogP contribution in [-0.4, -0.2) is 33.9 Å². The quantitative estimate of drug-likeness (QED) is 0.310. The Labute approximate surface area is 169 Å². The Morgan fingerprint density at radius 1 is 1.00 bits per heavy atom. The van der Waals surface area contributed by atoms with E-state index in [4.69, 9.17) is 0 Å². The van der Waals surface area contributed by atoms with Gasteiger partial charge in [0.1, 0.15) is 13.0 Å². The SMILES string of the molecule is Cc1[nH]c2ccccc2c1C1C(=O)C(=CC2=[N+](C)c3ccccc3C2(C)C)C1=O. The van der Waals surface area contributed by atoms with Crippen molar-refractivity contribution >= 4 is 33.9 Å². The van der Waals surface area contributed by atoms with E-state index in [2.05, 4.69) is 35.5 Å². The van der Waals surface area contributed by atoms with Crippen LogP contribution in [0.1, 0.15) is 36.6 Å². The van der Waals surface area contributed by atoms with Gasteiger partial charge >= 0.3 is 0 Å². The zero-order valence-electron chi connectivity index (χ0n) is 17.0. The van der Waals surface area contributed by atoms with E-state index in [0.717, 1.165) is 33.6 Å². The van der Waals surface area contributed by atoms with Crippen LogP contribution in [0, 0.1) is 6.92 Å². The van der Waals surface area contributed by atoms with Gasteiger partial charge in [-0.2, -0.15) is 4.58 Å². The molecule has 1 fully saturated rings. The minimum absolute atomic E-state index is 0.0875. The summed E-state index contributed by atoms with van der Waals surface area (Å²) in [6.45, 7) is 6.20. The number of carbonyl (C=O) groups is 2. The Morgan fingerprint density at radius 3 is 2.38 bits per heavy atom. The van der Waals surface area contributed by atoms with E-state index < -0.39 is 5.92 Å². The molecule has 29 heavy (non-hydrogen) atoms. The van der Waals surface area contributed by atoms with Gasteiger partial charge in [0.2, 0.25) is 5.69 Å². The summed E-state index contributed by atoms with van der Waals surface area (Å²) < 4.78 is 2.09. The molecule has 0 spiro atoms. The summed E-state index contributed by atoms with van der Waals surface area (Å²) >= 11 is 0. The fourth-order valence-electron chi connectivity index (χ4n) is 4.94. The van der Waals surface area contributed by atoms with Crippen molar-refractivity contribution in [1.29, 1.82) is 0 Å². The van der Waals surface area contributed by atoms with Crippen LogP contribution >= 0.6 is 0 Å². The van der Waals surface area contributed by atoms with Crippen molar-refractivity contribution in [3.05, 3.63) is 77.0 Å². The molecule has 0 unspecified atom stereocenters. The van der Waals surface area contributed by atoms with E-state index in [1.54, 1.807) is 0 Å². The average molecular weight is 383 g/mol. The lowest BCUT2D eigenvalue weighted by Crippen LogP contribution is -2.40. The fraction of sp³-hybridized carbons (Fsp3) is 0.240. The van der Waals surface area contributed by atoms with Crippen LogP contribution in [0.4, 0.5) is 5.69 Å². The number of aryl methyl sites for hydroxylation is 1. The second-order valence-corrected chi connectivity index (χ2v) is 8.52. The number of rotatable bonds is 2. The predicted octanol–water partition coefficient (Wildman–Crippen LogP) is 4.34. The van der Waals surface area contributed by atoms with Crippen molar-refractivity contribution in [1.82, 2.24) is 4.98 Å². The average Bonchev–Trinajstić information content (AvgIpc) is 3.12. The molecule has 0 atom stereocenters. The number of hydrogen-bond acceptors (Lipinski definition) is 2. The number of aromatic nitrogens is 1. The molecular formula is C25H23N2O2+. The van der Waals surface area contributed by atoms with Gasteiger partial charge in [-0.05, 0) is 32.4 Å². The number of nitrogens with one attached hydrogen (secondary N) is 1. The summed E-state index contributed by atoms with van der Waals surface area (Å²) in [6, 6.07) is 16.0. The minimum atomic E-state index is -0.699. The third kappa shape index (κ3) is 2.29. The molecule has 1 N–H and O–H groups in total. The molecule has 4 heteroatoms. The van der Waals surface area contributed by atoms with Crippen molar-refractivity contribution in [2.75, 3.05) is 7.05 Å². The highest BCUT2D eigenvalue weighted by Crippen LogP contribution is 2.43. The van der Waals surface area contributed by atoms with Crippen LogP contribution in [0.5, 0.6) is 0 Å². The highest BCUT2D eigenvalue weighted by atomic mass is 16.2. The van der Waals surface area contributed by atoms with Crippen molar-refractivity contribution in [2.24, 2.45) is 0 Å². The number of Topliss-reactive ketones (excluding diaryl/α,β-unsaturated/α-hetero) is 2. The summed E-state index contributed by atoms with van der Waals surface area (Å²) in [7, 11) is 1.99. The van der Waals surface area contributed by atoms with Crippen LogP contribution in [0.2, 0.25) is 0 Å². The Morgan fingerprint density at radius 2 is 1.66 bits per heavy atom. The molecule has 0 bridgehead atoms. The molecule has 1 aliphatic carbocycles. The monoisotopic (exact) mass is 383 g/mol. The number of allylic oxidation sites excluding steroid dienone is 2. The number of H-pyrrole nitrogens is 1. The molecule has 0 amide bonds. The van der Waals surface area contributed by atoms with Crippen molar-refractivity contribution in [3.63, 3.8) is 0 Å². The van der Waals surface area contributed by atoms with Crippen molar-refractivity contribution in [3.8, 4) is 0 Å². The second-order valence-electron chi connectivity index (χ2n) is 8.52. The molecular weight excluding hydrogens is 360 g/mol. The summed E-state index contributed by atoms with van der Waals surface area (Å²) in [6.07, 6.45) is 1.81. The fourth-order valence-corrected chi connectivity index (χ4v) is 4.94. The summed E-state index contributed by atoms with van der Waals surface area (Å²) in [5.41, 5.74) is 6.01. The molecule has 0 saturated heterocycles. The van der Waals surface area contributed by atoms with E-state index in [-0.39, 0.29) is 17.0 Å². The van der Waals surface area contributed by atoms with Crippen LogP contribution < -0.4 is 0 Å². The Balaban J connectivity index is 1.56. The van der Waals surface area contributed by atoms with Crippen molar-refractivity contribution < 1.29 is 14.2 Å². The molecule has 0 radical (unpaired) electrons. The molecule has 144 valence electrons. The first-order valence-electron chi connectivity index (χ1n) is 9.90. The molecule has 1 saturated carbocycles. The number of para-hydroxylation sites is 2. The zero-order valence-corrected chi connectivity index (χ0v) is 17.0. The zero-order chi connectivity index (χ0) is 20.5. The third-order valence-electron chi connectivity index (χ3n) is 6.51. The largest absolute Gasteiger partial charge is 0.358 e. The third-order valence-corrected chi connectivity index (χ3v) is 6.51. The number of carbonyl (C=O) groups excluding carboxylic acids is 2. The summed E-state index contributed by atoms with van der Waals surface area (Å²) in [5, 5.41) is 0.953. The van der Waals surface area contributed by atoms with E-state index in [1.165, 1.54) is 5.56 Å². The first-order chi connectivity index (χ1) is 13.8. The van der Waals surface area contributed by atoms with Gasteiger partial charge in [-0.15, -0.1) is 0 Å². The first kappa shape index (κ1) is 17.8. The lowest BCUT2D eigenvalue weighted by molar-refractivity contribution is -0.401. The topological polar surface area (TPSA) is 52.9 Å². The lowest BCUT2D eigenvalue weighted by atomic mass is 9.70. The Hall–Kier alpha value is -3.27. The maximum Gasteiger partial charge on any atom is 0.209 e.